The van der Waals surface area contributed by atoms with Crippen LogP contribution in [0.25, 0.3) is 94.4 Å². The lowest BCUT2D eigenvalue weighted by atomic mass is 9.52. The van der Waals surface area contributed by atoms with Gasteiger partial charge >= 0.3 is 0 Å². The van der Waals surface area contributed by atoms with Crippen molar-refractivity contribution < 1.29 is 9.30 Å². The minimum absolute atomic E-state index is 0.00427. The Morgan fingerprint density at radius 1 is 0.386 bits per heavy atom. The smallest absolute Gasteiger partial charge is 0.269 e. The number of ether oxygens (including phenoxy) is 1. The normalized spacial score (nSPS) is 20.4. The molecule has 0 saturated carbocycles. The maximum atomic E-state index is 7.02. The predicted octanol–water partition coefficient (Wildman–Crippen LogP) is 19.1. The Hall–Kier alpha value is -9.51. The molecule has 0 amide bonds. The van der Waals surface area contributed by atoms with Crippen LogP contribution in [0.3, 0.4) is 0 Å². The van der Waals surface area contributed by atoms with Gasteiger partial charge in [-0.1, -0.05) is 218 Å². The number of rotatable bonds is 5. The molecule has 0 saturated heterocycles. The molecule has 0 fully saturated rings. The van der Waals surface area contributed by atoms with Crippen molar-refractivity contribution in [1.82, 2.24) is 9.13 Å². The van der Waals surface area contributed by atoms with Gasteiger partial charge in [0, 0.05) is 44.2 Å². The van der Waals surface area contributed by atoms with Crippen molar-refractivity contribution in [2.24, 2.45) is 5.41 Å². The molecule has 0 N–H and O–H groups in total. The van der Waals surface area contributed by atoms with Gasteiger partial charge in [0.1, 0.15) is 11.5 Å². The van der Waals surface area contributed by atoms with Crippen molar-refractivity contribution in [2.45, 2.75) is 70.1 Å². The van der Waals surface area contributed by atoms with Crippen LogP contribution in [-0.2, 0) is 21.7 Å². The van der Waals surface area contributed by atoms with Gasteiger partial charge in [0.15, 0.2) is 0 Å². The third kappa shape index (κ3) is 6.08. The molecule has 4 aliphatic rings. The highest BCUT2D eigenvalue weighted by Gasteiger charge is 2.79. The average Bonchev–Trinajstić information content (AvgIpc) is 1.45. The second-order valence-electron chi connectivity index (χ2n) is 25.6. The van der Waals surface area contributed by atoms with Crippen LogP contribution in [-0.4, -0.2) is 9.13 Å². The predicted molar refractivity (Wildman–Crippen MR) is 339 cm³/mol. The minimum atomic E-state index is -0.279. The van der Waals surface area contributed by atoms with Crippen LogP contribution in [0.2, 0.25) is 0 Å². The first kappa shape index (κ1) is 48.2. The molecule has 398 valence electrons. The summed E-state index contributed by atoms with van der Waals surface area (Å²) in [5, 5.41) is 2.40. The summed E-state index contributed by atoms with van der Waals surface area (Å²) in [6.45, 7) is 17.1. The maximum absolute atomic E-state index is 7.02. The number of para-hydroxylation sites is 2. The van der Waals surface area contributed by atoms with Gasteiger partial charge in [0.2, 0.25) is 0 Å². The molecule has 83 heavy (non-hydrogen) atoms. The minimum Gasteiger partial charge on any atom is -0.458 e. The van der Waals surface area contributed by atoms with Gasteiger partial charge in [-0.25, -0.2) is 0 Å². The molecule has 17 rings (SSSR count). The zero-order valence-corrected chi connectivity index (χ0v) is 47.8. The first-order chi connectivity index (χ1) is 40.3. The Labute approximate surface area is 485 Å². The number of aromatic nitrogens is 3. The van der Waals surface area contributed by atoms with Gasteiger partial charge in [-0.2, -0.15) is 0 Å². The Balaban J connectivity index is 0.878. The maximum Gasteiger partial charge on any atom is 0.269 e. The van der Waals surface area contributed by atoms with E-state index in [0.717, 1.165) is 61.8 Å². The first-order valence-electron chi connectivity index (χ1n) is 29.4. The molecular weight excluding hydrogens is 1010 g/mol. The average molecular weight is 1070 g/mol. The van der Waals surface area contributed by atoms with Crippen LogP contribution in [0, 0.1) is 11.7 Å². The van der Waals surface area contributed by atoms with Crippen molar-refractivity contribution in [2.75, 3.05) is 0 Å². The monoisotopic (exact) mass is 1070 g/mol. The van der Waals surface area contributed by atoms with Gasteiger partial charge < -0.3 is 9.30 Å². The zero-order valence-electron chi connectivity index (χ0n) is 47.8. The zero-order chi connectivity index (χ0) is 55.9. The SMILES string of the molecule is CC(C)(C)c1cccc(-n2c3ccccc3c3ccc(Oc4cccc(-n5[c-][n+]6c7c(cc(-c8ccc9c(c8)C8(C)c%10ccccc%10C%10(C)c%11ccccc%11C9(C)C%108C)cc75)-c5ccccc5-c5ccccc5-c5ccccc5-6)c4)cc32)c1. The van der Waals surface area contributed by atoms with Gasteiger partial charge in [-0.05, 0) is 156 Å². The van der Waals surface area contributed by atoms with E-state index in [1.165, 1.54) is 83.1 Å². The van der Waals surface area contributed by atoms with Gasteiger partial charge in [-0.15, -0.1) is 0 Å². The molecule has 3 aliphatic carbocycles. The molecular formula is C79H61N3O. The molecule has 4 atom stereocenters. The lowest BCUT2D eigenvalue weighted by Gasteiger charge is -2.49. The van der Waals surface area contributed by atoms with E-state index < -0.39 is 0 Å². The van der Waals surface area contributed by atoms with E-state index in [-0.39, 0.29) is 27.1 Å². The standard InChI is InChI=1S/C79H61N3O/c1-75(2,3)51-22-20-24-53(45-51)82-71-37-19-13-31-61(71)62-40-39-55(47-72(62)82)83-54-25-21-23-52(46-54)80-48-81-70-36-18-12-30-60(70)58-28-10-8-26-56(58)57-27-9-11-29-59(57)63-42-50(44-73(80)74(63)81)49-38-41-68-69(43-49)78(6)67-35-17-16-34-66(67)76(4)64-32-14-15-33-65(64)77(68,5)79(76,78)7/h8-47H,1-7H3. The summed E-state index contributed by atoms with van der Waals surface area (Å²) >= 11 is 0. The molecule has 2 aromatic heterocycles. The van der Waals surface area contributed by atoms with Crippen molar-refractivity contribution in [3.63, 3.8) is 0 Å². The molecule has 4 nitrogen and oxygen atoms in total. The lowest BCUT2D eigenvalue weighted by Crippen LogP contribution is -2.51. The van der Waals surface area contributed by atoms with Crippen molar-refractivity contribution in [3.8, 4) is 73.1 Å². The summed E-state index contributed by atoms with van der Waals surface area (Å²) < 4.78 is 14.0. The van der Waals surface area contributed by atoms with E-state index in [0.29, 0.717) is 0 Å². The van der Waals surface area contributed by atoms with Crippen LogP contribution in [0.4, 0.5) is 0 Å². The van der Waals surface area contributed by atoms with E-state index in [1.54, 1.807) is 0 Å². The summed E-state index contributed by atoms with van der Waals surface area (Å²) in [5.41, 5.74) is 26.1. The first-order valence-corrected chi connectivity index (χ1v) is 29.4. The Morgan fingerprint density at radius 2 is 0.928 bits per heavy atom. The molecule has 0 bridgehead atoms. The lowest BCUT2D eigenvalue weighted by molar-refractivity contribution is -0.571. The van der Waals surface area contributed by atoms with Crippen LogP contribution in [0.1, 0.15) is 87.4 Å². The molecule has 4 unspecified atom stereocenters. The molecule has 0 radical (unpaired) electrons. The fourth-order valence-electron chi connectivity index (χ4n) is 16.8. The van der Waals surface area contributed by atoms with E-state index in [9.17, 15) is 0 Å². The molecule has 3 heterocycles. The second-order valence-corrected chi connectivity index (χ2v) is 25.6. The molecule has 1 aliphatic heterocycles. The van der Waals surface area contributed by atoms with Crippen molar-refractivity contribution in [1.29, 1.82) is 0 Å². The van der Waals surface area contributed by atoms with Gasteiger partial charge in [-0.3, -0.25) is 9.13 Å². The fourth-order valence-corrected chi connectivity index (χ4v) is 16.8. The summed E-state index contributed by atoms with van der Waals surface area (Å²) in [6, 6.07) is 90.5. The van der Waals surface area contributed by atoms with E-state index in [2.05, 4.69) is 311 Å². The number of imidazole rings is 1. The van der Waals surface area contributed by atoms with Gasteiger partial charge in [0.05, 0.1) is 33.4 Å². The number of benzene rings is 11. The highest BCUT2D eigenvalue weighted by atomic mass is 16.5. The Morgan fingerprint density at radius 3 is 1.61 bits per heavy atom. The Bertz CT molecular complexity index is 4960. The van der Waals surface area contributed by atoms with Crippen molar-refractivity contribution >= 4 is 32.8 Å². The van der Waals surface area contributed by atoms with Gasteiger partial charge in [0.25, 0.3) is 6.33 Å². The molecule has 4 heteroatoms. The summed E-state index contributed by atoms with van der Waals surface area (Å²) in [7, 11) is 0. The number of fused-ring (bicyclic) bond motifs is 19. The highest BCUT2D eigenvalue weighted by Crippen LogP contribution is 2.82. The highest BCUT2D eigenvalue weighted by molar-refractivity contribution is 6.10. The Kier molecular flexibility index (Phi) is 9.63. The topological polar surface area (TPSA) is 23.0 Å². The van der Waals surface area contributed by atoms with Crippen LogP contribution in [0.15, 0.2) is 243 Å². The quantitative estimate of drug-likeness (QED) is 0.124. The van der Waals surface area contributed by atoms with E-state index in [1.807, 2.05) is 0 Å². The van der Waals surface area contributed by atoms with Crippen molar-refractivity contribution in [3.05, 3.63) is 288 Å². The molecule has 11 aromatic carbocycles. The third-order valence-electron chi connectivity index (χ3n) is 21.0. The third-order valence-corrected chi connectivity index (χ3v) is 21.0. The van der Waals surface area contributed by atoms with Crippen LogP contribution >= 0.6 is 0 Å². The molecule has 0 spiro atoms. The summed E-state index contributed by atoms with van der Waals surface area (Å²) in [6.07, 6.45) is 4.02. The van der Waals surface area contributed by atoms with Crippen LogP contribution in [0.5, 0.6) is 11.5 Å². The summed E-state index contributed by atoms with van der Waals surface area (Å²) in [4.78, 5) is 0. The number of hydrogen-bond acceptors (Lipinski definition) is 1. The second kappa shape index (κ2) is 16.6. The fraction of sp³-hybridized carbons (Fsp3) is 0.152. The number of hydrogen-bond donors (Lipinski definition) is 0. The van der Waals surface area contributed by atoms with Crippen LogP contribution < -0.4 is 9.30 Å². The van der Waals surface area contributed by atoms with E-state index in [4.69, 9.17) is 4.74 Å². The van der Waals surface area contributed by atoms with E-state index >= 15 is 0 Å². The largest absolute Gasteiger partial charge is 0.458 e. The molecule has 13 aromatic rings. The summed E-state index contributed by atoms with van der Waals surface area (Å²) in [5.74, 6) is 1.51. The number of nitrogens with zero attached hydrogens (tertiary/aromatic N) is 3.